The fourth-order valence-corrected chi connectivity index (χ4v) is 2.25. The third-order valence-electron chi connectivity index (χ3n) is 2.88. The lowest BCUT2D eigenvalue weighted by molar-refractivity contribution is 0.687. The van der Waals surface area contributed by atoms with Crippen molar-refractivity contribution in [1.29, 1.82) is 0 Å². The zero-order valence-electron chi connectivity index (χ0n) is 10.6. The van der Waals surface area contributed by atoms with Crippen LogP contribution in [-0.4, -0.2) is 12.0 Å². The predicted octanol–water partition coefficient (Wildman–Crippen LogP) is 3.01. The topological polar surface area (TPSA) is 24.9 Å². The van der Waals surface area contributed by atoms with Crippen molar-refractivity contribution in [2.45, 2.75) is 19.9 Å². The Morgan fingerprint density at radius 3 is 2.29 bits per heavy atom. The van der Waals surface area contributed by atoms with Crippen LogP contribution >= 0.6 is 0 Å². The zero-order valence-corrected chi connectivity index (χ0v) is 10.6. The highest BCUT2D eigenvalue weighted by atomic mass is 14.9. The number of benzene rings is 1. The average molecular weight is 226 g/mol. The molecule has 0 aliphatic heterocycles. The first-order valence-corrected chi connectivity index (χ1v) is 5.86. The number of rotatable bonds is 3. The van der Waals surface area contributed by atoms with Crippen molar-refractivity contribution in [3.63, 3.8) is 0 Å². The van der Waals surface area contributed by atoms with Gasteiger partial charge in [0.2, 0.25) is 0 Å². The summed E-state index contributed by atoms with van der Waals surface area (Å²) in [6, 6.07) is 10.9. The van der Waals surface area contributed by atoms with Gasteiger partial charge in [-0.05, 0) is 38.1 Å². The van der Waals surface area contributed by atoms with Crippen molar-refractivity contribution in [1.82, 2.24) is 10.3 Å². The van der Waals surface area contributed by atoms with Crippen molar-refractivity contribution in [3.05, 3.63) is 65.0 Å². The standard InChI is InChI=1S/C15H18N2/c1-11-7-12(2)9-14(8-11)15(16-3)13-5-4-6-17-10-13/h4-10,15-16H,1-3H3. The van der Waals surface area contributed by atoms with Crippen molar-refractivity contribution in [3.8, 4) is 0 Å². The number of hydrogen-bond donors (Lipinski definition) is 1. The van der Waals surface area contributed by atoms with Crippen LogP contribution in [0.1, 0.15) is 28.3 Å². The average Bonchev–Trinajstić information content (AvgIpc) is 2.30. The molecule has 1 aromatic carbocycles. The maximum atomic E-state index is 4.18. The number of pyridine rings is 1. The summed E-state index contributed by atoms with van der Waals surface area (Å²) in [5.41, 5.74) is 5.08. The Kier molecular flexibility index (Phi) is 3.55. The maximum Gasteiger partial charge on any atom is 0.0589 e. The lowest BCUT2D eigenvalue weighted by Crippen LogP contribution is -2.18. The first-order chi connectivity index (χ1) is 8.20. The minimum absolute atomic E-state index is 0.210. The van der Waals surface area contributed by atoms with E-state index >= 15 is 0 Å². The van der Waals surface area contributed by atoms with Gasteiger partial charge in [0, 0.05) is 12.4 Å². The van der Waals surface area contributed by atoms with E-state index in [0.29, 0.717) is 0 Å². The van der Waals surface area contributed by atoms with Gasteiger partial charge in [0.25, 0.3) is 0 Å². The SMILES string of the molecule is CNC(c1cccnc1)c1cc(C)cc(C)c1. The molecule has 0 spiro atoms. The van der Waals surface area contributed by atoms with Crippen LogP contribution in [0.2, 0.25) is 0 Å². The summed E-state index contributed by atoms with van der Waals surface area (Å²) in [6.45, 7) is 4.26. The van der Waals surface area contributed by atoms with Gasteiger partial charge in [0.1, 0.15) is 0 Å². The molecule has 1 atom stereocenters. The lowest BCUT2D eigenvalue weighted by atomic mass is 9.97. The normalized spacial score (nSPS) is 12.4. The highest BCUT2D eigenvalue weighted by Crippen LogP contribution is 2.22. The summed E-state index contributed by atoms with van der Waals surface area (Å²) < 4.78 is 0. The largest absolute Gasteiger partial charge is 0.309 e. The van der Waals surface area contributed by atoms with Gasteiger partial charge >= 0.3 is 0 Å². The van der Waals surface area contributed by atoms with Crippen molar-refractivity contribution in [2.75, 3.05) is 7.05 Å². The number of hydrogen-bond acceptors (Lipinski definition) is 2. The Morgan fingerprint density at radius 2 is 1.76 bits per heavy atom. The van der Waals surface area contributed by atoms with Crippen LogP contribution in [0.25, 0.3) is 0 Å². The van der Waals surface area contributed by atoms with Crippen molar-refractivity contribution in [2.24, 2.45) is 0 Å². The van der Waals surface area contributed by atoms with Crippen LogP contribution in [0, 0.1) is 13.8 Å². The van der Waals surface area contributed by atoms with Crippen LogP contribution in [0.5, 0.6) is 0 Å². The molecule has 2 heteroatoms. The molecule has 0 saturated heterocycles. The summed E-state index contributed by atoms with van der Waals surface area (Å²) in [6.07, 6.45) is 3.72. The number of nitrogens with one attached hydrogen (secondary N) is 1. The highest BCUT2D eigenvalue weighted by molar-refractivity contribution is 5.35. The van der Waals surface area contributed by atoms with Crippen molar-refractivity contribution < 1.29 is 0 Å². The van der Waals surface area contributed by atoms with Gasteiger partial charge < -0.3 is 5.32 Å². The van der Waals surface area contributed by atoms with E-state index in [2.05, 4.69) is 48.4 Å². The Morgan fingerprint density at radius 1 is 1.06 bits per heavy atom. The maximum absolute atomic E-state index is 4.18. The van der Waals surface area contributed by atoms with E-state index in [1.807, 2.05) is 19.3 Å². The van der Waals surface area contributed by atoms with Crippen LogP contribution in [-0.2, 0) is 0 Å². The summed E-state index contributed by atoms with van der Waals surface area (Å²) in [4.78, 5) is 4.18. The molecule has 0 radical (unpaired) electrons. The molecule has 2 nitrogen and oxygen atoms in total. The fourth-order valence-electron chi connectivity index (χ4n) is 2.25. The van der Waals surface area contributed by atoms with Gasteiger partial charge in [-0.3, -0.25) is 4.98 Å². The van der Waals surface area contributed by atoms with Gasteiger partial charge in [-0.1, -0.05) is 35.4 Å². The second kappa shape index (κ2) is 5.11. The molecule has 2 rings (SSSR count). The van der Waals surface area contributed by atoms with Crippen LogP contribution < -0.4 is 5.32 Å². The molecule has 0 aliphatic rings. The van der Waals surface area contributed by atoms with Gasteiger partial charge in [-0.2, -0.15) is 0 Å². The van der Waals surface area contributed by atoms with Gasteiger partial charge in [0.15, 0.2) is 0 Å². The third-order valence-corrected chi connectivity index (χ3v) is 2.88. The Hall–Kier alpha value is -1.67. The minimum Gasteiger partial charge on any atom is -0.309 e. The predicted molar refractivity (Wildman–Crippen MR) is 71.1 cm³/mol. The lowest BCUT2D eigenvalue weighted by Gasteiger charge is -2.18. The first kappa shape index (κ1) is 11.8. The number of nitrogens with zero attached hydrogens (tertiary/aromatic N) is 1. The van der Waals surface area contributed by atoms with Gasteiger partial charge in [-0.15, -0.1) is 0 Å². The number of aryl methyl sites for hydroxylation is 2. The van der Waals surface area contributed by atoms with E-state index in [0.717, 1.165) is 0 Å². The molecule has 0 aliphatic carbocycles. The van der Waals surface area contributed by atoms with E-state index in [1.54, 1.807) is 6.20 Å². The minimum atomic E-state index is 0.210. The smallest absolute Gasteiger partial charge is 0.0589 e. The van der Waals surface area contributed by atoms with Crippen LogP contribution in [0.3, 0.4) is 0 Å². The summed E-state index contributed by atoms with van der Waals surface area (Å²) in [5, 5.41) is 3.35. The molecule has 88 valence electrons. The quantitative estimate of drug-likeness (QED) is 0.870. The molecule has 17 heavy (non-hydrogen) atoms. The Bertz CT molecular complexity index is 471. The van der Waals surface area contributed by atoms with E-state index in [1.165, 1.54) is 22.3 Å². The molecule has 1 heterocycles. The summed E-state index contributed by atoms with van der Waals surface area (Å²) >= 11 is 0. The highest BCUT2D eigenvalue weighted by Gasteiger charge is 2.12. The molecule has 0 amide bonds. The van der Waals surface area contributed by atoms with Crippen LogP contribution in [0.15, 0.2) is 42.7 Å². The zero-order chi connectivity index (χ0) is 12.3. The third kappa shape index (κ3) is 2.71. The Balaban J connectivity index is 2.42. The summed E-state index contributed by atoms with van der Waals surface area (Å²) in [5.74, 6) is 0. The summed E-state index contributed by atoms with van der Waals surface area (Å²) in [7, 11) is 1.98. The van der Waals surface area contributed by atoms with Gasteiger partial charge in [-0.25, -0.2) is 0 Å². The molecule has 1 aromatic heterocycles. The van der Waals surface area contributed by atoms with Gasteiger partial charge in [0.05, 0.1) is 6.04 Å². The molecular weight excluding hydrogens is 208 g/mol. The molecular formula is C15H18N2. The van der Waals surface area contributed by atoms with Crippen LogP contribution in [0.4, 0.5) is 0 Å². The second-order valence-corrected chi connectivity index (χ2v) is 4.43. The molecule has 1 unspecified atom stereocenters. The molecule has 1 N–H and O–H groups in total. The van der Waals surface area contributed by atoms with E-state index in [-0.39, 0.29) is 6.04 Å². The molecule has 0 saturated carbocycles. The molecule has 0 bridgehead atoms. The van der Waals surface area contributed by atoms with E-state index in [9.17, 15) is 0 Å². The van der Waals surface area contributed by atoms with E-state index < -0.39 is 0 Å². The van der Waals surface area contributed by atoms with E-state index in [4.69, 9.17) is 0 Å². The fraction of sp³-hybridized carbons (Fsp3) is 0.267. The second-order valence-electron chi connectivity index (χ2n) is 4.43. The number of aromatic nitrogens is 1. The van der Waals surface area contributed by atoms with Crippen molar-refractivity contribution >= 4 is 0 Å². The molecule has 0 fully saturated rings. The monoisotopic (exact) mass is 226 g/mol. The first-order valence-electron chi connectivity index (χ1n) is 5.86. The Labute approximate surface area is 103 Å². The molecule has 2 aromatic rings.